The van der Waals surface area contributed by atoms with Gasteiger partial charge in [0.05, 0.1) is 29.6 Å². The topological polar surface area (TPSA) is 133 Å². The number of hydrogen-bond acceptors (Lipinski definition) is 7. The molecule has 0 bridgehead atoms. The fraction of sp³-hybridized carbons (Fsp3) is 0.333. The van der Waals surface area contributed by atoms with Gasteiger partial charge in [0, 0.05) is 11.6 Å². The third-order valence-electron chi connectivity index (χ3n) is 4.79. The Morgan fingerprint density at radius 1 is 1.32 bits per heavy atom. The maximum absolute atomic E-state index is 12.8. The van der Waals surface area contributed by atoms with Crippen LogP contribution in [0.3, 0.4) is 0 Å². The largest absolute Gasteiger partial charge is 0.359 e. The van der Waals surface area contributed by atoms with E-state index in [4.69, 9.17) is 9.78 Å². The lowest BCUT2D eigenvalue weighted by molar-refractivity contribution is -0.129. The van der Waals surface area contributed by atoms with E-state index in [2.05, 4.69) is 9.88 Å². The molecule has 0 spiro atoms. The van der Waals surface area contributed by atoms with Crippen LogP contribution in [0.4, 0.5) is 0 Å². The van der Waals surface area contributed by atoms with Crippen molar-refractivity contribution in [3.05, 3.63) is 46.8 Å². The van der Waals surface area contributed by atoms with Gasteiger partial charge in [-0.15, -0.1) is 0 Å². The summed E-state index contributed by atoms with van der Waals surface area (Å²) in [6, 6.07) is 7.63. The number of carbonyl (C=O) groups is 2. The third kappa shape index (κ3) is 3.19. The lowest BCUT2D eigenvalue weighted by atomic mass is 9.98. The Labute approximate surface area is 161 Å². The molecule has 0 radical (unpaired) electrons. The Morgan fingerprint density at radius 3 is 2.68 bits per heavy atom. The fourth-order valence-corrected chi connectivity index (χ4v) is 4.48. The summed E-state index contributed by atoms with van der Waals surface area (Å²) in [7, 11) is -3.97. The van der Waals surface area contributed by atoms with Gasteiger partial charge in [0.15, 0.2) is 5.76 Å². The highest BCUT2D eigenvalue weighted by atomic mass is 32.2. The first-order valence-corrected chi connectivity index (χ1v) is 10.1. The number of aromatic nitrogens is 1. The van der Waals surface area contributed by atoms with Crippen molar-refractivity contribution in [1.29, 1.82) is 5.26 Å². The lowest BCUT2D eigenvalue weighted by Crippen LogP contribution is -2.42. The number of nitriles is 1. The van der Waals surface area contributed by atoms with E-state index in [0.29, 0.717) is 29.9 Å². The molecule has 2 aliphatic rings. The summed E-state index contributed by atoms with van der Waals surface area (Å²) >= 11 is 0. The van der Waals surface area contributed by atoms with Gasteiger partial charge in [0.2, 0.25) is 15.9 Å². The first-order chi connectivity index (χ1) is 13.2. The van der Waals surface area contributed by atoms with Crippen molar-refractivity contribution in [3.63, 3.8) is 0 Å². The van der Waals surface area contributed by atoms with Crippen molar-refractivity contribution < 1.29 is 22.5 Å². The molecule has 0 atom stereocenters. The van der Waals surface area contributed by atoms with E-state index < -0.39 is 27.4 Å². The number of nitrogens with one attached hydrogen (secondary N) is 1. The smallest absolute Gasteiger partial charge is 0.261 e. The van der Waals surface area contributed by atoms with Crippen LogP contribution < -0.4 is 4.72 Å². The Balaban J connectivity index is 1.64. The molecule has 1 fully saturated rings. The molecule has 2 aromatic rings. The number of aryl methyl sites for hydroxylation is 1. The highest BCUT2D eigenvalue weighted by Gasteiger charge is 2.47. The molecule has 4 rings (SSSR count). The molecule has 1 aliphatic carbocycles. The molecule has 1 N–H and O–H groups in total. The van der Waals surface area contributed by atoms with Crippen molar-refractivity contribution >= 4 is 21.8 Å². The van der Waals surface area contributed by atoms with Gasteiger partial charge in [-0.05, 0) is 37.5 Å². The summed E-state index contributed by atoms with van der Waals surface area (Å²) < 4.78 is 32.7. The Hall–Kier alpha value is -3.03. The second-order valence-corrected chi connectivity index (χ2v) is 8.70. The number of hydrogen-bond donors (Lipinski definition) is 1. The number of imide groups is 1. The normalized spacial score (nSPS) is 17.9. The number of benzene rings is 1. The van der Waals surface area contributed by atoms with Gasteiger partial charge in [-0.2, -0.15) is 9.98 Å². The molecular formula is C18H16N4O5S. The zero-order valence-corrected chi connectivity index (χ0v) is 15.7. The van der Waals surface area contributed by atoms with Gasteiger partial charge < -0.3 is 4.52 Å². The van der Waals surface area contributed by atoms with Crippen LogP contribution in [-0.4, -0.2) is 35.8 Å². The molecule has 144 valence electrons. The first kappa shape index (κ1) is 18.3. The van der Waals surface area contributed by atoms with Gasteiger partial charge >= 0.3 is 0 Å². The Bertz CT molecular complexity index is 1140. The quantitative estimate of drug-likeness (QED) is 0.741. The van der Waals surface area contributed by atoms with E-state index >= 15 is 0 Å². The number of nitrogens with zero attached hydrogens (tertiary/aromatic N) is 3. The van der Waals surface area contributed by atoms with Crippen LogP contribution in [0.15, 0.2) is 33.7 Å². The van der Waals surface area contributed by atoms with E-state index in [-0.39, 0.29) is 23.4 Å². The molecule has 28 heavy (non-hydrogen) atoms. The number of rotatable bonds is 5. The molecular weight excluding hydrogens is 384 g/mol. The van der Waals surface area contributed by atoms with Crippen molar-refractivity contribution in [1.82, 2.24) is 14.8 Å². The average Bonchev–Trinajstić information content (AvgIpc) is 3.29. The highest BCUT2D eigenvalue weighted by Crippen LogP contribution is 2.36. The molecule has 2 amide bonds. The van der Waals surface area contributed by atoms with Crippen LogP contribution >= 0.6 is 0 Å². The molecule has 0 saturated heterocycles. The summed E-state index contributed by atoms with van der Waals surface area (Å²) in [5, 5.41) is 12.9. The number of fused-ring (bicyclic) bond motifs is 1. The van der Waals surface area contributed by atoms with Crippen LogP contribution in [0.5, 0.6) is 0 Å². The zero-order chi connectivity index (χ0) is 20.1. The van der Waals surface area contributed by atoms with E-state index in [1.807, 2.05) is 6.07 Å². The van der Waals surface area contributed by atoms with Crippen LogP contribution in [0.2, 0.25) is 0 Å². The van der Waals surface area contributed by atoms with Crippen molar-refractivity contribution in [2.24, 2.45) is 0 Å². The predicted octanol–water partition coefficient (Wildman–Crippen LogP) is 1.04. The number of sulfonamides is 1. The van der Waals surface area contributed by atoms with Gasteiger partial charge in [-0.25, -0.2) is 8.42 Å². The van der Waals surface area contributed by atoms with Crippen LogP contribution in [0, 0.1) is 18.3 Å². The molecule has 9 nitrogen and oxygen atoms in total. The number of carbonyl (C=O) groups excluding carboxylic acids is 2. The van der Waals surface area contributed by atoms with Gasteiger partial charge in [0.25, 0.3) is 5.91 Å². The van der Waals surface area contributed by atoms with Crippen molar-refractivity contribution in [2.45, 2.75) is 43.2 Å². The molecule has 0 unspecified atom stereocenters. The van der Waals surface area contributed by atoms with Crippen molar-refractivity contribution in [2.75, 3.05) is 0 Å². The molecule has 1 aromatic carbocycles. The molecule has 2 heterocycles. The predicted molar refractivity (Wildman–Crippen MR) is 94.2 cm³/mol. The minimum Gasteiger partial charge on any atom is -0.359 e. The van der Waals surface area contributed by atoms with Crippen molar-refractivity contribution in [3.8, 4) is 6.07 Å². The summed E-state index contributed by atoms with van der Waals surface area (Å²) in [6.07, 6.45) is 0.876. The molecule has 1 aromatic heterocycles. The van der Waals surface area contributed by atoms with Gasteiger partial charge in [-0.3, -0.25) is 14.5 Å². The van der Waals surface area contributed by atoms with E-state index in [1.54, 1.807) is 13.0 Å². The average molecular weight is 400 g/mol. The summed E-state index contributed by atoms with van der Waals surface area (Å²) in [5.41, 5.74) is 0.157. The van der Waals surface area contributed by atoms with E-state index in [9.17, 15) is 18.0 Å². The molecule has 10 heteroatoms. The summed E-state index contributed by atoms with van der Waals surface area (Å²) in [5.74, 6) is -0.641. The lowest BCUT2D eigenvalue weighted by Gasteiger charge is -2.26. The van der Waals surface area contributed by atoms with Gasteiger partial charge in [0.1, 0.15) is 5.54 Å². The Kier molecular flexibility index (Phi) is 4.10. The fourth-order valence-electron chi connectivity index (χ4n) is 3.08. The summed E-state index contributed by atoms with van der Waals surface area (Å²) in [6.45, 7) is 1.64. The van der Waals surface area contributed by atoms with E-state index in [1.165, 1.54) is 18.2 Å². The molecule has 1 saturated carbocycles. The molecule has 1 aliphatic heterocycles. The second kappa shape index (κ2) is 6.25. The minimum absolute atomic E-state index is 0.0237. The summed E-state index contributed by atoms with van der Waals surface area (Å²) in [4.78, 5) is 26.1. The van der Waals surface area contributed by atoms with Crippen LogP contribution in [-0.2, 0) is 27.8 Å². The number of amides is 2. The zero-order valence-electron chi connectivity index (χ0n) is 14.9. The van der Waals surface area contributed by atoms with E-state index in [0.717, 1.165) is 4.90 Å². The van der Waals surface area contributed by atoms with Crippen LogP contribution in [0.1, 0.15) is 40.2 Å². The third-order valence-corrected chi connectivity index (χ3v) is 6.33. The monoisotopic (exact) mass is 400 g/mol. The second-order valence-electron chi connectivity index (χ2n) is 7.01. The SMILES string of the molecule is Cc1cc(CN2C(=O)Cc3ccc(S(=O)(=O)NC4(C#N)CC4)cc3C2=O)on1. The Morgan fingerprint density at radius 2 is 2.07 bits per heavy atom. The van der Waals surface area contributed by atoms with Crippen LogP contribution in [0.25, 0.3) is 0 Å². The standard InChI is InChI=1S/C18H16N4O5S/c1-11-6-13(27-20-11)9-22-16(23)7-12-2-3-14(8-15(12)17(22)24)28(25,26)21-18(10-19)4-5-18/h2-3,6,8,21H,4-5,7,9H2,1H3. The minimum atomic E-state index is -3.97. The van der Waals surface area contributed by atoms with Gasteiger partial charge in [-0.1, -0.05) is 11.2 Å². The highest BCUT2D eigenvalue weighted by molar-refractivity contribution is 7.89. The maximum atomic E-state index is 12.8. The maximum Gasteiger partial charge on any atom is 0.261 e. The first-order valence-electron chi connectivity index (χ1n) is 8.58.